The van der Waals surface area contributed by atoms with Gasteiger partial charge in [-0.25, -0.2) is 4.39 Å². The Labute approximate surface area is 159 Å². The van der Waals surface area contributed by atoms with Crippen molar-refractivity contribution in [1.82, 2.24) is 5.32 Å². The molecule has 0 radical (unpaired) electrons. The van der Waals surface area contributed by atoms with E-state index < -0.39 is 0 Å². The minimum atomic E-state index is -0.157. The number of aldehydes is 1. The lowest BCUT2D eigenvalue weighted by Gasteiger charge is -2.27. The second-order valence-electron chi connectivity index (χ2n) is 6.96. The Bertz CT molecular complexity index is 487. The van der Waals surface area contributed by atoms with Gasteiger partial charge >= 0.3 is 0 Å². The van der Waals surface area contributed by atoms with E-state index >= 15 is 0 Å². The zero-order valence-corrected chi connectivity index (χ0v) is 17.3. The van der Waals surface area contributed by atoms with E-state index in [1.54, 1.807) is 25.2 Å². The molecule has 1 N–H and O–H groups in total. The minimum absolute atomic E-state index is 0.157. The van der Waals surface area contributed by atoms with Crippen LogP contribution in [-0.2, 0) is 9.53 Å². The van der Waals surface area contributed by atoms with Crippen molar-refractivity contribution in [3.63, 3.8) is 0 Å². The van der Waals surface area contributed by atoms with Gasteiger partial charge in [0.25, 0.3) is 0 Å². The summed E-state index contributed by atoms with van der Waals surface area (Å²) in [6.45, 7) is 4.67. The molecule has 26 heavy (non-hydrogen) atoms. The maximum atomic E-state index is 13.1. The molecule has 150 valence electrons. The number of nitrogens with zero attached hydrogens (tertiary/aromatic N) is 1. The predicted octanol–water partition coefficient (Wildman–Crippen LogP) is 4.21. The molecular formula is C21H37FN2O2. The van der Waals surface area contributed by atoms with Crippen LogP contribution >= 0.6 is 0 Å². The third-order valence-electron chi connectivity index (χ3n) is 4.50. The van der Waals surface area contributed by atoms with Gasteiger partial charge in [-0.15, -0.1) is 0 Å². The van der Waals surface area contributed by atoms with Crippen molar-refractivity contribution in [2.24, 2.45) is 5.92 Å². The first-order chi connectivity index (χ1) is 12.4. The summed E-state index contributed by atoms with van der Waals surface area (Å²) in [6, 6.07) is 5.83. The monoisotopic (exact) mass is 368 g/mol. The van der Waals surface area contributed by atoms with E-state index in [1.165, 1.54) is 38.2 Å². The molecule has 1 saturated carbocycles. The molecule has 0 unspecified atom stereocenters. The summed E-state index contributed by atoms with van der Waals surface area (Å²) in [5.74, 6) is 0.786. The lowest BCUT2D eigenvalue weighted by atomic mass is 9.84. The number of rotatable bonds is 5. The number of carbonyl (C=O) groups excluding carboxylic acids is 1. The smallest absolute Gasteiger partial charge is 0.146 e. The molecule has 5 heteroatoms. The highest BCUT2D eigenvalue weighted by Crippen LogP contribution is 2.26. The number of hydrogen-bond acceptors (Lipinski definition) is 4. The molecule has 0 bridgehead atoms. The summed E-state index contributed by atoms with van der Waals surface area (Å²) in [4.78, 5) is 11.9. The van der Waals surface area contributed by atoms with Crippen LogP contribution in [0.3, 0.4) is 0 Å². The maximum Gasteiger partial charge on any atom is 0.146 e. The molecular weight excluding hydrogens is 331 g/mol. The van der Waals surface area contributed by atoms with Crippen LogP contribution < -0.4 is 10.2 Å². The van der Waals surface area contributed by atoms with Gasteiger partial charge in [0.1, 0.15) is 12.1 Å². The average molecular weight is 369 g/mol. The summed E-state index contributed by atoms with van der Waals surface area (Å²) in [7, 11) is 6.90. The maximum absolute atomic E-state index is 13.1. The Morgan fingerprint density at radius 3 is 2.23 bits per heavy atom. The fraction of sp³-hybridized carbons (Fsp3) is 0.667. The summed E-state index contributed by atoms with van der Waals surface area (Å²) in [5.41, 5.74) is 1.59. The van der Waals surface area contributed by atoms with Crippen LogP contribution in [0.25, 0.3) is 0 Å². The molecule has 1 aliphatic rings. The van der Waals surface area contributed by atoms with Crippen molar-refractivity contribution < 1.29 is 13.9 Å². The van der Waals surface area contributed by atoms with Gasteiger partial charge in [-0.2, -0.15) is 0 Å². The highest BCUT2D eigenvalue weighted by atomic mass is 19.1. The zero-order valence-electron chi connectivity index (χ0n) is 17.3. The van der Waals surface area contributed by atoms with Gasteiger partial charge in [0.2, 0.25) is 0 Å². The molecule has 0 spiro atoms. The molecule has 0 amide bonds. The van der Waals surface area contributed by atoms with Crippen LogP contribution in [0.5, 0.6) is 0 Å². The van der Waals surface area contributed by atoms with E-state index in [9.17, 15) is 9.18 Å². The van der Waals surface area contributed by atoms with E-state index in [1.807, 2.05) is 27.1 Å². The molecule has 1 aromatic rings. The molecule has 1 aliphatic carbocycles. The summed E-state index contributed by atoms with van der Waals surface area (Å²) in [5, 5.41) is 3.25. The normalized spacial score (nSPS) is 18.7. The molecule has 0 aliphatic heterocycles. The Morgan fingerprint density at radius 2 is 1.81 bits per heavy atom. The summed E-state index contributed by atoms with van der Waals surface area (Å²) in [6.07, 6.45) is 7.46. The number of carbonyl (C=O) groups is 1. The highest BCUT2D eigenvalue weighted by molar-refractivity contribution is 5.51. The van der Waals surface area contributed by atoms with Crippen LogP contribution in [0.1, 0.15) is 44.6 Å². The van der Waals surface area contributed by atoms with Crippen LogP contribution in [0.4, 0.5) is 10.1 Å². The number of benzene rings is 1. The molecule has 1 aromatic carbocycles. The zero-order chi connectivity index (χ0) is 19.9. The number of methoxy groups -OCH3 is 1. The van der Waals surface area contributed by atoms with Crippen molar-refractivity contribution in [3.8, 4) is 0 Å². The van der Waals surface area contributed by atoms with Crippen LogP contribution in [0, 0.1) is 18.7 Å². The van der Waals surface area contributed by atoms with E-state index in [4.69, 9.17) is 0 Å². The molecule has 1 fully saturated rings. The minimum Gasteiger partial charge on any atom is -0.388 e. The molecule has 0 aromatic heterocycles. The largest absolute Gasteiger partial charge is 0.388 e. The third-order valence-corrected chi connectivity index (χ3v) is 4.50. The van der Waals surface area contributed by atoms with Crippen LogP contribution in [-0.4, -0.2) is 47.2 Å². The van der Waals surface area contributed by atoms with E-state index in [2.05, 4.69) is 17.0 Å². The Morgan fingerprint density at radius 1 is 1.23 bits per heavy atom. The van der Waals surface area contributed by atoms with Crippen molar-refractivity contribution >= 4 is 12.0 Å². The molecule has 0 saturated heterocycles. The van der Waals surface area contributed by atoms with Crippen molar-refractivity contribution in [2.45, 2.75) is 52.0 Å². The number of nitrogens with one attached hydrogen (secondary N) is 1. The first-order valence-electron chi connectivity index (χ1n) is 9.40. The van der Waals surface area contributed by atoms with Gasteiger partial charge in [-0.3, -0.25) is 0 Å². The Kier molecular flexibility index (Phi) is 13.9. The van der Waals surface area contributed by atoms with Gasteiger partial charge in [-0.05, 0) is 56.2 Å². The lowest BCUT2D eigenvalue weighted by Crippen LogP contribution is -2.34. The first kappa shape index (κ1) is 24.5. The highest BCUT2D eigenvalue weighted by Gasteiger charge is 2.18. The predicted molar refractivity (Wildman–Crippen MR) is 109 cm³/mol. The standard InChI is InChI=1S/C10H19NO.C9H12FN.C2H6O/c1-2-9-3-5-10(6-4-9)11-7-8-12;1-7-4-5-9(11(2)3)8(10)6-7;1-3-2/h8-11H,2-7H2,1H3;4-6H,1-3H3;1-2H3. The summed E-state index contributed by atoms with van der Waals surface area (Å²) >= 11 is 0. The fourth-order valence-electron chi connectivity index (χ4n) is 2.96. The van der Waals surface area contributed by atoms with Crippen molar-refractivity contribution in [3.05, 3.63) is 29.6 Å². The van der Waals surface area contributed by atoms with Gasteiger partial charge < -0.3 is 19.7 Å². The molecule has 0 atom stereocenters. The second-order valence-corrected chi connectivity index (χ2v) is 6.96. The topological polar surface area (TPSA) is 41.6 Å². The van der Waals surface area contributed by atoms with Crippen LogP contribution in [0.15, 0.2) is 18.2 Å². The quantitative estimate of drug-likeness (QED) is 0.791. The average Bonchev–Trinajstić information content (AvgIpc) is 2.61. The van der Waals surface area contributed by atoms with E-state index in [0.717, 1.165) is 17.8 Å². The van der Waals surface area contributed by atoms with Gasteiger partial charge in [0.15, 0.2) is 0 Å². The second kappa shape index (κ2) is 14.7. The SMILES string of the molecule is CCC1CCC(NCC=O)CC1.COC.Cc1ccc(N(C)C)c(F)c1. The molecule has 2 rings (SSSR count). The first-order valence-corrected chi connectivity index (χ1v) is 9.40. The Balaban J connectivity index is 0.000000419. The number of aryl methyl sites for hydroxylation is 1. The van der Waals surface area contributed by atoms with Crippen LogP contribution in [0.2, 0.25) is 0 Å². The number of anilines is 1. The van der Waals surface area contributed by atoms with Crippen molar-refractivity contribution in [1.29, 1.82) is 0 Å². The third kappa shape index (κ3) is 10.5. The van der Waals surface area contributed by atoms with Gasteiger partial charge in [0.05, 0.1) is 12.2 Å². The lowest BCUT2D eigenvalue weighted by molar-refractivity contribution is -0.107. The number of halogens is 1. The summed E-state index contributed by atoms with van der Waals surface area (Å²) < 4.78 is 17.3. The van der Waals surface area contributed by atoms with Gasteiger partial charge in [-0.1, -0.05) is 19.4 Å². The van der Waals surface area contributed by atoms with Gasteiger partial charge in [0, 0.05) is 34.4 Å². The molecule has 4 nitrogen and oxygen atoms in total. The van der Waals surface area contributed by atoms with E-state index in [0.29, 0.717) is 18.3 Å². The molecule has 0 heterocycles. The fourth-order valence-corrected chi connectivity index (χ4v) is 2.96. The number of ether oxygens (including phenoxy) is 1. The van der Waals surface area contributed by atoms with E-state index in [-0.39, 0.29) is 5.82 Å². The Hall–Kier alpha value is -1.46. The van der Waals surface area contributed by atoms with Crippen molar-refractivity contribution in [2.75, 3.05) is 39.8 Å². The number of hydrogen-bond donors (Lipinski definition) is 1.